The lowest BCUT2D eigenvalue weighted by Crippen LogP contribution is -2.33. The summed E-state index contributed by atoms with van der Waals surface area (Å²) in [5, 5.41) is 4.13. The Morgan fingerprint density at radius 3 is 2.29 bits per heavy atom. The molecule has 1 aliphatic rings. The Bertz CT molecular complexity index is 342. The lowest BCUT2D eigenvalue weighted by Gasteiger charge is -2.32. The van der Waals surface area contributed by atoms with Gasteiger partial charge in [0.2, 0.25) is 0 Å². The molecule has 17 heavy (non-hydrogen) atoms. The highest BCUT2D eigenvalue weighted by molar-refractivity contribution is 6.30. The zero-order chi connectivity index (χ0) is 12.3. The largest absolute Gasteiger partial charge is 0.324 e. The second-order valence-corrected chi connectivity index (χ2v) is 5.41. The molecule has 2 nitrogen and oxygen atoms in total. The van der Waals surface area contributed by atoms with Gasteiger partial charge in [-0.1, -0.05) is 23.7 Å². The molecule has 1 aliphatic carbocycles. The van der Waals surface area contributed by atoms with Crippen LogP contribution in [0.1, 0.15) is 37.3 Å². The lowest BCUT2D eigenvalue weighted by molar-refractivity contribution is 0.267. The van der Waals surface area contributed by atoms with Crippen LogP contribution in [-0.4, -0.2) is 13.1 Å². The molecule has 3 N–H and O–H groups in total. The van der Waals surface area contributed by atoms with Crippen LogP contribution in [0, 0.1) is 5.92 Å². The third-order valence-electron chi connectivity index (χ3n) is 3.94. The minimum absolute atomic E-state index is 0.157. The molecule has 1 aromatic carbocycles. The van der Waals surface area contributed by atoms with Gasteiger partial charge in [-0.3, -0.25) is 0 Å². The second-order valence-electron chi connectivity index (χ2n) is 4.98. The van der Waals surface area contributed by atoms with Crippen molar-refractivity contribution >= 4 is 11.6 Å². The number of hydrogen-bond donors (Lipinski definition) is 2. The first-order valence-electron chi connectivity index (χ1n) is 6.39. The molecule has 1 atom stereocenters. The van der Waals surface area contributed by atoms with Crippen LogP contribution in [0.2, 0.25) is 5.02 Å². The third-order valence-corrected chi connectivity index (χ3v) is 4.19. The minimum Gasteiger partial charge on any atom is -0.324 e. The Hall–Kier alpha value is -0.570. The average Bonchev–Trinajstić information content (AvgIpc) is 2.39. The summed E-state index contributed by atoms with van der Waals surface area (Å²) in [5.41, 5.74) is 7.55. The first kappa shape index (κ1) is 12.9. The van der Waals surface area contributed by atoms with Crippen LogP contribution >= 0.6 is 11.6 Å². The summed E-state index contributed by atoms with van der Waals surface area (Å²) < 4.78 is 0. The van der Waals surface area contributed by atoms with Crippen LogP contribution in [0.15, 0.2) is 24.3 Å². The summed E-state index contributed by atoms with van der Waals surface area (Å²) in [5.74, 6) is 0.612. The molecule has 0 spiro atoms. The quantitative estimate of drug-likeness (QED) is 0.868. The molecule has 0 aromatic heterocycles. The summed E-state index contributed by atoms with van der Waals surface area (Å²) in [7, 11) is 2.05. The van der Waals surface area contributed by atoms with E-state index in [1.165, 1.54) is 31.2 Å². The Morgan fingerprint density at radius 2 is 1.76 bits per heavy atom. The monoisotopic (exact) mass is 252 g/mol. The number of rotatable bonds is 3. The molecular weight excluding hydrogens is 232 g/mol. The number of hydrogen-bond acceptors (Lipinski definition) is 2. The van der Waals surface area contributed by atoms with Gasteiger partial charge in [-0.15, -0.1) is 0 Å². The van der Waals surface area contributed by atoms with E-state index in [2.05, 4.69) is 17.4 Å². The standard InChI is InChI=1S/C14H21ClN2/c1-17-13-8-4-11(5-9-13)14(16)10-2-6-12(15)7-3-10/h2-3,6-7,11,13-14,17H,4-5,8-9,16H2,1H3. The van der Waals surface area contributed by atoms with Crippen molar-refractivity contribution in [3.05, 3.63) is 34.9 Å². The summed E-state index contributed by atoms with van der Waals surface area (Å²) in [4.78, 5) is 0. The fraction of sp³-hybridized carbons (Fsp3) is 0.571. The topological polar surface area (TPSA) is 38.0 Å². The SMILES string of the molecule is CNC1CCC(C(N)c2ccc(Cl)cc2)CC1. The molecule has 1 unspecified atom stereocenters. The van der Waals surface area contributed by atoms with Crippen LogP contribution in [-0.2, 0) is 0 Å². The molecule has 0 amide bonds. The molecule has 3 heteroatoms. The highest BCUT2D eigenvalue weighted by Crippen LogP contribution is 2.33. The minimum atomic E-state index is 0.157. The van der Waals surface area contributed by atoms with E-state index in [4.69, 9.17) is 17.3 Å². The predicted octanol–water partition coefficient (Wildman–Crippen LogP) is 3.12. The fourth-order valence-corrected chi connectivity index (χ4v) is 2.85. The van der Waals surface area contributed by atoms with Gasteiger partial charge in [-0.05, 0) is 56.3 Å². The molecule has 1 saturated carbocycles. The Kier molecular flexibility index (Phi) is 4.43. The van der Waals surface area contributed by atoms with Gasteiger partial charge in [-0.2, -0.15) is 0 Å². The van der Waals surface area contributed by atoms with E-state index in [1.54, 1.807) is 0 Å². The van der Waals surface area contributed by atoms with Crippen molar-refractivity contribution in [1.29, 1.82) is 0 Å². The van der Waals surface area contributed by atoms with E-state index >= 15 is 0 Å². The van der Waals surface area contributed by atoms with Crippen molar-refractivity contribution < 1.29 is 0 Å². The van der Waals surface area contributed by atoms with Crippen molar-refractivity contribution in [2.45, 2.75) is 37.8 Å². The molecule has 0 aliphatic heterocycles. The van der Waals surface area contributed by atoms with Gasteiger partial charge in [0.25, 0.3) is 0 Å². The van der Waals surface area contributed by atoms with E-state index in [-0.39, 0.29) is 6.04 Å². The summed E-state index contributed by atoms with van der Waals surface area (Å²) in [6.07, 6.45) is 4.91. The molecule has 0 saturated heterocycles. The van der Waals surface area contributed by atoms with Crippen LogP contribution in [0.3, 0.4) is 0 Å². The van der Waals surface area contributed by atoms with Crippen molar-refractivity contribution in [1.82, 2.24) is 5.32 Å². The molecule has 1 fully saturated rings. The highest BCUT2D eigenvalue weighted by atomic mass is 35.5. The van der Waals surface area contributed by atoms with Crippen molar-refractivity contribution in [2.24, 2.45) is 11.7 Å². The Labute approximate surface area is 109 Å². The molecular formula is C14H21ClN2. The normalized spacial score (nSPS) is 26.8. The molecule has 2 rings (SSSR count). The van der Waals surface area contributed by atoms with E-state index in [1.807, 2.05) is 19.2 Å². The lowest BCUT2D eigenvalue weighted by atomic mass is 9.79. The van der Waals surface area contributed by atoms with Crippen molar-refractivity contribution in [3.8, 4) is 0 Å². The summed E-state index contributed by atoms with van der Waals surface area (Å²) in [6, 6.07) is 8.80. The van der Waals surface area contributed by atoms with Crippen LogP contribution < -0.4 is 11.1 Å². The van der Waals surface area contributed by atoms with Gasteiger partial charge in [-0.25, -0.2) is 0 Å². The third kappa shape index (κ3) is 3.21. The summed E-state index contributed by atoms with van der Waals surface area (Å²) in [6.45, 7) is 0. The Morgan fingerprint density at radius 1 is 1.18 bits per heavy atom. The average molecular weight is 253 g/mol. The van der Waals surface area contributed by atoms with Gasteiger partial charge >= 0.3 is 0 Å². The molecule has 0 heterocycles. The first-order valence-corrected chi connectivity index (χ1v) is 6.77. The highest BCUT2D eigenvalue weighted by Gasteiger charge is 2.25. The van der Waals surface area contributed by atoms with E-state index in [0.717, 1.165) is 5.02 Å². The number of nitrogens with two attached hydrogens (primary N) is 1. The molecule has 0 bridgehead atoms. The van der Waals surface area contributed by atoms with E-state index in [9.17, 15) is 0 Å². The summed E-state index contributed by atoms with van der Waals surface area (Å²) >= 11 is 5.89. The number of benzene rings is 1. The van der Waals surface area contributed by atoms with E-state index in [0.29, 0.717) is 12.0 Å². The van der Waals surface area contributed by atoms with Crippen molar-refractivity contribution in [3.63, 3.8) is 0 Å². The molecule has 94 valence electrons. The van der Waals surface area contributed by atoms with Crippen LogP contribution in [0.5, 0.6) is 0 Å². The smallest absolute Gasteiger partial charge is 0.0406 e. The number of halogens is 1. The molecule has 1 aromatic rings. The maximum atomic E-state index is 6.34. The van der Waals surface area contributed by atoms with Crippen molar-refractivity contribution in [2.75, 3.05) is 7.05 Å². The maximum absolute atomic E-state index is 6.34. The Balaban J connectivity index is 1.96. The molecule has 0 radical (unpaired) electrons. The first-order chi connectivity index (χ1) is 8.20. The number of nitrogens with one attached hydrogen (secondary N) is 1. The van der Waals surface area contributed by atoms with Gasteiger partial charge < -0.3 is 11.1 Å². The van der Waals surface area contributed by atoms with Gasteiger partial charge in [0.1, 0.15) is 0 Å². The fourth-order valence-electron chi connectivity index (χ4n) is 2.72. The van der Waals surface area contributed by atoms with Gasteiger partial charge in [0.15, 0.2) is 0 Å². The zero-order valence-corrected chi connectivity index (χ0v) is 11.1. The van der Waals surface area contributed by atoms with Gasteiger partial charge in [0.05, 0.1) is 0 Å². The van der Waals surface area contributed by atoms with Crippen LogP contribution in [0.25, 0.3) is 0 Å². The predicted molar refractivity (Wildman–Crippen MR) is 73.2 cm³/mol. The van der Waals surface area contributed by atoms with Gasteiger partial charge in [0, 0.05) is 17.1 Å². The maximum Gasteiger partial charge on any atom is 0.0406 e. The second kappa shape index (κ2) is 5.85. The van der Waals surface area contributed by atoms with E-state index < -0.39 is 0 Å². The zero-order valence-electron chi connectivity index (χ0n) is 10.3. The van der Waals surface area contributed by atoms with Crippen LogP contribution in [0.4, 0.5) is 0 Å².